The number of nitrogens with zero attached hydrogens (tertiary/aromatic N) is 2. The van der Waals surface area contributed by atoms with Crippen LogP contribution in [0, 0.1) is 13.8 Å². The van der Waals surface area contributed by atoms with Gasteiger partial charge in [-0.3, -0.25) is 0 Å². The predicted molar refractivity (Wildman–Crippen MR) is 80.7 cm³/mol. The minimum atomic E-state index is 0.196. The molecule has 0 fully saturated rings. The second kappa shape index (κ2) is 6.26. The summed E-state index contributed by atoms with van der Waals surface area (Å²) in [6.45, 7) is 6.47. The smallest absolute Gasteiger partial charge is 0.0807 e. The van der Waals surface area contributed by atoms with Gasteiger partial charge < -0.3 is 5.32 Å². The van der Waals surface area contributed by atoms with Crippen LogP contribution in [0.25, 0.3) is 0 Å². The minimum absolute atomic E-state index is 0.196. The van der Waals surface area contributed by atoms with Gasteiger partial charge in [0.15, 0.2) is 0 Å². The monoisotopic (exact) mass is 275 g/mol. The van der Waals surface area contributed by atoms with Gasteiger partial charge in [-0.15, -0.1) is 5.10 Å². The maximum Gasteiger partial charge on any atom is 0.0807 e. The van der Waals surface area contributed by atoms with Crippen LogP contribution in [0.15, 0.2) is 18.2 Å². The van der Waals surface area contributed by atoms with E-state index < -0.39 is 0 Å². The molecule has 1 atom stereocenters. The summed E-state index contributed by atoms with van der Waals surface area (Å²) in [6.07, 6.45) is 2.09. The van der Waals surface area contributed by atoms with E-state index in [1.807, 2.05) is 7.05 Å². The molecule has 0 amide bonds. The Morgan fingerprint density at radius 1 is 1.32 bits per heavy atom. The summed E-state index contributed by atoms with van der Waals surface area (Å²) in [5, 5.41) is 7.70. The third-order valence-corrected chi connectivity index (χ3v) is 4.20. The maximum absolute atomic E-state index is 4.28. The fraction of sp³-hybridized carbons (Fsp3) is 0.467. The van der Waals surface area contributed by atoms with Crippen molar-refractivity contribution in [3.05, 3.63) is 45.5 Å². The van der Waals surface area contributed by atoms with Crippen LogP contribution in [0.1, 0.15) is 46.6 Å². The third kappa shape index (κ3) is 3.01. The molecule has 1 aromatic carbocycles. The topological polar surface area (TPSA) is 37.8 Å². The Labute approximate surface area is 119 Å². The molecule has 0 saturated carbocycles. The Hall–Kier alpha value is -1.26. The molecule has 4 heteroatoms. The van der Waals surface area contributed by atoms with Crippen molar-refractivity contribution in [1.29, 1.82) is 0 Å². The lowest BCUT2D eigenvalue weighted by Gasteiger charge is -2.18. The van der Waals surface area contributed by atoms with E-state index in [9.17, 15) is 0 Å². The molecule has 0 aliphatic rings. The summed E-state index contributed by atoms with van der Waals surface area (Å²) in [6, 6.07) is 6.79. The summed E-state index contributed by atoms with van der Waals surface area (Å²) in [5.74, 6) is 0. The molecule has 19 heavy (non-hydrogen) atoms. The van der Waals surface area contributed by atoms with Gasteiger partial charge in [-0.25, -0.2) is 0 Å². The second-order valence-corrected chi connectivity index (χ2v) is 5.70. The van der Waals surface area contributed by atoms with Crippen LogP contribution in [0.5, 0.6) is 0 Å². The van der Waals surface area contributed by atoms with Crippen molar-refractivity contribution in [3.8, 4) is 0 Å². The molecule has 102 valence electrons. The number of benzene rings is 1. The van der Waals surface area contributed by atoms with Gasteiger partial charge in [0, 0.05) is 0 Å². The summed E-state index contributed by atoms with van der Waals surface area (Å²) in [7, 11) is 2.00. The van der Waals surface area contributed by atoms with Crippen LogP contribution in [-0.4, -0.2) is 16.6 Å². The second-order valence-electron chi connectivity index (χ2n) is 4.92. The molecule has 1 unspecified atom stereocenters. The van der Waals surface area contributed by atoms with E-state index in [0.717, 1.165) is 18.5 Å². The standard InChI is InChI=1S/C15H21N3S/c1-5-6-13-15(19-18-17-13)14(16-4)12-9-10(2)7-8-11(12)3/h7-9,14,16H,5-6H2,1-4H3. The molecule has 0 radical (unpaired) electrons. The largest absolute Gasteiger partial charge is 0.309 e. The van der Waals surface area contributed by atoms with Crippen LogP contribution in [-0.2, 0) is 6.42 Å². The molecule has 1 aromatic heterocycles. The van der Waals surface area contributed by atoms with Crippen LogP contribution in [0.2, 0.25) is 0 Å². The first kappa shape index (κ1) is 14.2. The fourth-order valence-corrected chi connectivity index (χ4v) is 3.17. The number of hydrogen-bond donors (Lipinski definition) is 1. The first-order chi connectivity index (χ1) is 9.17. The SMILES string of the molecule is CCCc1nnsc1C(NC)c1cc(C)ccc1C. The van der Waals surface area contributed by atoms with Crippen molar-refractivity contribution in [3.63, 3.8) is 0 Å². The molecule has 0 aliphatic heterocycles. The molecule has 2 aromatic rings. The zero-order chi connectivity index (χ0) is 13.8. The Kier molecular flexibility index (Phi) is 4.66. The molecule has 1 N–H and O–H groups in total. The number of rotatable bonds is 5. The van der Waals surface area contributed by atoms with E-state index in [0.29, 0.717) is 0 Å². The van der Waals surface area contributed by atoms with Crippen LogP contribution >= 0.6 is 11.5 Å². The van der Waals surface area contributed by atoms with Gasteiger partial charge in [0.1, 0.15) is 0 Å². The van der Waals surface area contributed by atoms with Crippen molar-refractivity contribution in [1.82, 2.24) is 14.9 Å². The van der Waals surface area contributed by atoms with E-state index in [4.69, 9.17) is 0 Å². The van der Waals surface area contributed by atoms with E-state index in [1.165, 1.54) is 33.1 Å². The Morgan fingerprint density at radius 3 is 2.79 bits per heavy atom. The van der Waals surface area contributed by atoms with Gasteiger partial charge in [-0.05, 0) is 50.0 Å². The first-order valence-corrected chi connectivity index (χ1v) is 7.50. The van der Waals surface area contributed by atoms with Crippen molar-refractivity contribution in [2.75, 3.05) is 7.05 Å². The molecule has 3 nitrogen and oxygen atoms in total. The molecule has 2 rings (SSSR count). The van der Waals surface area contributed by atoms with Gasteiger partial charge in [0.05, 0.1) is 16.6 Å². The zero-order valence-electron chi connectivity index (χ0n) is 12.0. The van der Waals surface area contributed by atoms with Gasteiger partial charge in [-0.2, -0.15) is 0 Å². The summed E-state index contributed by atoms with van der Waals surface area (Å²) >= 11 is 1.51. The molecule has 1 heterocycles. The summed E-state index contributed by atoms with van der Waals surface area (Å²) < 4.78 is 4.14. The lowest BCUT2D eigenvalue weighted by Crippen LogP contribution is -2.19. The highest BCUT2D eigenvalue weighted by molar-refractivity contribution is 7.05. The zero-order valence-corrected chi connectivity index (χ0v) is 12.8. The number of aromatic nitrogens is 2. The van der Waals surface area contributed by atoms with Crippen molar-refractivity contribution >= 4 is 11.5 Å². The van der Waals surface area contributed by atoms with Crippen LogP contribution < -0.4 is 5.32 Å². The van der Waals surface area contributed by atoms with Crippen molar-refractivity contribution < 1.29 is 0 Å². The Balaban J connectivity index is 2.44. The third-order valence-electron chi connectivity index (χ3n) is 3.37. The highest BCUT2D eigenvalue weighted by atomic mass is 32.1. The van der Waals surface area contributed by atoms with Crippen LogP contribution in [0.4, 0.5) is 0 Å². The van der Waals surface area contributed by atoms with Gasteiger partial charge in [-0.1, -0.05) is 41.6 Å². The Morgan fingerprint density at radius 2 is 2.11 bits per heavy atom. The highest BCUT2D eigenvalue weighted by Crippen LogP contribution is 2.30. The lowest BCUT2D eigenvalue weighted by atomic mass is 9.96. The van der Waals surface area contributed by atoms with E-state index in [2.05, 4.69) is 53.9 Å². The molecular weight excluding hydrogens is 254 g/mol. The molecule has 0 aliphatic carbocycles. The maximum atomic E-state index is 4.28. The summed E-state index contributed by atoms with van der Waals surface area (Å²) in [4.78, 5) is 1.25. The fourth-order valence-electron chi connectivity index (χ4n) is 2.34. The van der Waals surface area contributed by atoms with E-state index in [-0.39, 0.29) is 6.04 Å². The quantitative estimate of drug-likeness (QED) is 0.908. The minimum Gasteiger partial charge on any atom is -0.309 e. The lowest BCUT2D eigenvalue weighted by molar-refractivity contribution is 0.684. The van der Waals surface area contributed by atoms with E-state index >= 15 is 0 Å². The van der Waals surface area contributed by atoms with Crippen molar-refractivity contribution in [2.45, 2.75) is 39.7 Å². The van der Waals surface area contributed by atoms with Gasteiger partial charge in [0.2, 0.25) is 0 Å². The Bertz CT molecular complexity index is 548. The van der Waals surface area contributed by atoms with Gasteiger partial charge in [0.25, 0.3) is 0 Å². The first-order valence-electron chi connectivity index (χ1n) is 6.73. The molecule has 0 spiro atoms. The predicted octanol–water partition coefficient (Wildman–Crippen LogP) is 3.42. The average Bonchev–Trinajstić information content (AvgIpc) is 2.83. The number of nitrogens with one attached hydrogen (secondary N) is 1. The average molecular weight is 275 g/mol. The highest BCUT2D eigenvalue weighted by Gasteiger charge is 2.20. The van der Waals surface area contributed by atoms with Crippen molar-refractivity contribution in [2.24, 2.45) is 0 Å². The summed E-state index contributed by atoms with van der Waals surface area (Å²) in [5.41, 5.74) is 5.05. The van der Waals surface area contributed by atoms with E-state index in [1.54, 1.807) is 0 Å². The number of aryl methyl sites for hydroxylation is 3. The van der Waals surface area contributed by atoms with Crippen LogP contribution in [0.3, 0.4) is 0 Å². The normalized spacial score (nSPS) is 12.6. The molecule has 0 bridgehead atoms. The molecule has 0 saturated heterocycles. The number of hydrogen-bond acceptors (Lipinski definition) is 4. The van der Waals surface area contributed by atoms with Gasteiger partial charge >= 0.3 is 0 Å². The molecular formula is C15H21N3S.